The molecular formula is C18H25NO3. The summed E-state index contributed by atoms with van der Waals surface area (Å²) in [5.41, 5.74) is 0.762. The van der Waals surface area contributed by atoms with E-state index in [1.165, 1.54) is 0 Å². The molecule has 1 aliphatic carbocycles. The summed E-state index contributed by atoms with van der Waals surface area (Å²) in [6.45, 7) is 0.632. The van der Waals surface area contributed by atoms with Crippen LogP contribution in [-0.2, 0) is 15.0 Å². The lowest BCUT2D eigenvalue weighted by Gasteiger charge is -2.28. The van der Waals surface area contributed by atoms with E-state index in [0.29, 0.717) is 13.0 Å². The summed E-state index contributed by atoms with van der Waals surface area (Å²) in [5.74, 6) is -0.618. The summed E-state index contributed by atoms with van der Waals surface area (Å²) in [4.78, 5) is 23.1. The Kier molecular flexibility index (Phi) is 5.99. The van der Waals surface area contributed by atoms with Crippen LogP contribution in [0, 0.1) is 0 Å². The van der Waals surface area contributed by atoms with Gasteiger partial charge in [0.25, 0.3) is 0 Å². The van der Waals surface area contributed by atoms with E-state index < -0.39 is 5.97 Å². The van der Waals surface area contributed by atoms with Crippen molar-refractivity contribution in [3.05, 3.63) is 35.9 Å². The number of benzene rings is 1. The highest BCUT2D eigenvalue weighted by atomic mass is 16.4. The van der Waals surface area contributed by atoms with Crippen molar-refractivity contribution in [2.24, 2.45) is 0 Å². The molecule has 4 heteroatoms. The summed E-state index contributed by atoms with van der Waals surface area (Å²) >= 11 is 0. The second kappa shape index (κ2) is 7.97. The maximum absolute atomic E-state index is 12.7. The molecule has 0 unspecified atom stereocenters. The highest BCUT2D eigenvalue weighted by Crippen LogP contribution is 2.41. The fraction of sp³-hybridized carbons (Fsp3) is 0.556. The first-order valence-electron chi connectivity index (χ1n) is 8.21. The molecule has 22 heavy (non-hydrogen) atoms. The Morgan fingerprint density at radius 1 is 1.05 bits per heavy atom. The SMILES string of the molecule is O=C(O)CCCCCNC(=O)C1(c2ccccc2)CCCC1. The van der Waals surface area contributed by atoms with Crippen molar-refractivity contribution in [2.45, 2.75) is 56.8 Å². The zero-order chi connectivity index (χ0) is 15.8. The summed E-state index contributed by atoms with van der Waals surface area (Å²) in [7, 11) is 0. The molecule has 0 bridgehead atoms. The molecule has 1 aliphatic rings. The Morgan fingerprint density at radius 2 is 1.73 bits per heavy atom. The fourth-order valence-corrected chi connectivity index (χ4v) is 3.33. The zero-order valence-electron chi connectivity index (χ0n) is 13.0. The smallest absolute Gasteiger partial charge is 0.303 e. The molecule has 1 amide bonds. The van der Waals surface area contributed by atoms with Gasteiger partial charge >= 0.3 is 5.97 Å². The van der Waals surface area contributed by atoms with Gasteiger partial charge in [-0.2, -0.15) is 0 Å². The first-order chi connectivity index (χ1) is 10.6. The van der Waals surface area contributed by atoms with Gasteiger partial charge in [0, 0.05) is 13.0 Å². The fourth-order valence-electron chi connectivity index (χ4n) is 3.33. The van der Waals surface area contributed by atoms with Gasteiger partial charge in [0.15, 0.2) is 0 Å². The van der Waals surface area contributed by atoms with E-state index in [-0.39, 0.29) is 17.7 Å². The lowest BCUT2D eigenvalue weighted by Crippen LogP contribution is -2.42. The Balaban J connectivity index is 1.85. The number of unbranched alkanes of at least 4 members (excludes halogenated alkanes) is 2. The number of aliphatic carboxylic acids is 1. The molecule has 0 atom stereocenters. The molecule has 0 heterocycles. The number of carbonyl (C=O) groups is 2. The summed E-state index contributed by atoms with van der Waals surface area (Å²) in [6.07, 6.45) is 6.59. The predicted octanol–water partition coefficient (Wildman–Crippen LogP) is 3.26. The summed E-state index contributed by atoms with van der Waals surface area (Å²) in [5, 5.41) is 11.7. The van der Waals surface area contributed by atoms with Crippen LogP contribution in [0.4, 0.5) is 0 Å². The molecular weight excluding hydrogens is 278 g/mol. The van der Waals surface area contributed by atoms with Gasteiger partial charge in [-0.1, -0.05) is 49.6 Å². The van der Waals surface area contributed by atoms with Crippen LogP contribution in [0.15, 0.2) is 30.3 Å². The molecule has 2 rings (SSSR count). The minimum atomic E-state index is -0.752. The lowest BCUT2D eigenvalue weighted by molar-refractivity contribution is -0.137. The highest BCUT2D eigenvalue weighted by Gasteiger charge is 2.42. The van der Waals surface area contributed by atoms with E-state index in [1.54, 1.807) is 0 Å². The average Bonchev–Trinajstić information content (AvgIpc) is 3.02. The number of nitrogens with one attached hydrogen (secondary N) is 1. The van der Waals surface area contributed by atoms with Gasteiger partial charge in [-0.15, -0.1) is 0 Å². The van der Waals surface area contributed by atoms with Crippen LogP contribution in [0.25, 0.3) is 0 Å². The lowest BCUT2D eigenvalue weighted by atomic mass is 9.78. The number of rotatable bonds is 8. The van der Waals surface area contributed by atoms with Gasteiger partial charge in [-0.3, -0.25) is 9.59 Å². The minimum absolute atomic E-state index is 0.134. The van der Waals surface area contributed by atoms with Crippen molar-refractivity contribution in [2.75, 3.05) is 6.54 Å². The van der Waals surface area contributed by atoms with Crippen LogP contribution in [0.2, 0.25) is 0 Å². The van der Waals surface area contributed by atoms with Crippen molar-refractivity contribution in [1.29, 1.82) is 0 Å². The van der Waals surface area contributed by atoms with Crippen molar-refractivity contribution in [3.63, 3.8) is 0 Å². The summed E-state index contributed by atoms with van der Waals surface area (Å²) in [6, 6.07) is 10.1. The van der Waals surface area contributed by atoms with Gasteiger partial charge < -0.3 is 10.4 Å². The number of hydrogen-bond donors (Lipinski definition) is 2. The van der Waals surface area contributed by atoms with Gasteiger partial charge in [-0.25, -0.2) is 0 Å². The molecule has 1 aromatic carbocycles. The maximum atomic E-state index is 12.7. The Labute approximate surface area is 131 Å². The van der Waals surface area contributed by atoms with Crippen LogP contribution < -0.4 is 5.32 Å². The number of amides is 1. The normalized spacial score (nSPS) is 16.4. The molecule has 2 N–H and O–H groups in total. The van der Waals surface area contributed by atoms with Crippen LogP contribution in [0.3, 0.4) is 0 Å². The van der Waals surface area contributed by atoms with Gasteiger partial charge in [0.2, 0.25) is 5.91 Å². The van der Waals surface area contributed by atoms with Crippen molar-refractivity contribution in [1.82, 2.24) is 5.32 Å². The van der Waals surface area contributed by atoms with Gasteiger partial charge in [0.05, 0.1) is 5.41 Å². The second-order valence-electron chi connectivity index (χ2n) is 6.12. The number of carboxylic acids is 1. The molecule has 0 radical (unpaired) electrons. The van der Waals surface area contributed by atoms with E-state index in [1.807, 2.05) is 18.2 Å². The van der Waals surface area contributed by atoms with Crippen molar-refractivity contribution in [3.8, 4) is 0 Å². The van der Waals surface area contributed by atoms with Gasteiger partial charge in [0.1, 0.15) is 0 Å². The molecule has 1 fully saturated rings. The second-order valence-corrected chi connectivity index (χ2v) is 6.12. The first-order valence-corrected chi connectivity index (χ1v) is 8.21. The third-order valence-electron chi connectivity index (χ3n) is 4.57. The Hall–Kier alpha value is -1.84. The largest absolute Gasteiger partial charge is 0.481 e. The van der Waals surface area contributed by atoms with Crippen LogP contribution >= 0.6 is 0 Å². The molecule has 0 aliphatic heterocycles. The quantitative estimate of drug-likeness (QED) is 0.724. The third kappa shape index (κ3) is 4.09. The van der Waals surface area contributed by atoms with Crippen LogP contribution in [-0.4, -0.2) is 23.5 Å². The number of carbonyl (C=O) groups excluding carboxylic acids is 1. The van der Waals surface area contributed by atoms with E-state index in [9.17, 15) is 9.59 Å². The molecule has 4 nitrogen and oxygen atoms in total. The molecule has 1 saturated carbocycles. The van der Waals surface area contributed by atoms with E-state index in [0.717, 1.165) is 44.1 Å². The topological polar surface area (TPSA) is 66.4 Å². The summed E-state index contributed by atoms with van der Waals surface area (Å²) < 4.78 is 0. The van der Waals surface area contributed by atoms with Gasteiger partial charge in [-0.05, 0) is 31.2 Å². The number of carboxylic acid groups (broad SMARTS) is 1. The van der Waals surface area contributed by atoms with E-state index >= 15 is 0 Å². The Bertz CT molecular complexity index is 492. The van der Waals surface area contributed by atoms with E-state index in [4.69, 9.17) is 5.11 Å². The monoisotopic (exact) mass is 303 g/mol. The molecule has 1 aromatic rings. The van der Waals surface area contributed by atoms with E-state index in [2.05, 4.69) is 17.4 Å². The van der Waals surface area contributed by atoms with Crippen LogP contribution in [0.1, 0.15) is 56.9 Å². The average molecular weight is 303 g/mol. The molecule has 0 saturated heterocycles. The molecule has 0 spiro atoms. The Morgan fingerprint density at radius 3 is 2.36 bits per heavy atom. The highest BCUT2D eigenvalue weighted by molar-refractivity contribution is 5.88. The standard InChI is InChI=1S/C18H25NO3/c20-16(21)11-5-2-8-14-19-17(22)18(12-6-7-13-18)15-9-3-1-4-10-15/h1,3-4,9-10H,2,5-8,11-14H2,(H,19,22)(H,20,21). The maximum Gasteiger partial charge on any atom is 0.303 e. The zero-order valence-corrected chi connectivity index (χ0v) is 13.0. The molecule has 120 valence electrons. The van der Waals surface area contributed by atoms with Crippen molar-refractivity contribution >= 4 is 11.9 Å². The minimum Gasteiger partial charge on any atom is -0.481 e. The third-order valence-corrected chi connectivity index (χ3v) is 4.57. The predicted molar refractivity (Wildman–Crippen MR) is 85.7 cm³/mol. The first kappa shape index (κ1) is 16.5. The van der Waals surface area contributed by atoms with Crippen molar-refractivity contribution < 1.29 is 14.7 Å². The van der Waals surface area contributed by atoms with Crippen LogP contribution in [0.5, 0.6) is 0 Å². The number of hydrogen-bond acceptors (Lipinski definition) is 2. The molecule has 0 aromatic heterocycles.